The SMILES string of the molecule is COc1cc(OC)c(/C=C/C(=O)O)c([C@H]2O[C@H](COc3ccccc3)[C@@H](Oc3ccccc3)[C@H](Oc3ccccc3)[C@@H]2Oc2ccccc2)c1. The summed E-state index contributed by atoms with van der Waals surface area (Å²) in [5, 5.41) is 9.63. The van der Waals surface area contributed by atoms with E-state index in [2.05, 4.69) is 0 Å². The summed E-state index contributed by atoms with van der Waals surface area (Å²) in [6.07, 6.45) is -1.47. The topological polar surface area (TPSA) is 102 Å². The molecular formula is C41H38O9. The number of hydrogen-bond acceptors (Lipinski definition) is 8. The molecular weight excluding hydrogens is 636 g/mol. The van der Waals surface area contributed by atoms with E-state index in [1.807, 2.05) is 121 Å². The monoisotopic (exact) mass is 674 g/mol. The number of rotatable bonds is 14. The van der Waals surface area contributed by atoms with Gasteiger partial charge in [0.25, 0.3) is 0 Å². The summed E-state index contributed by atoms with van der Waals surface area (Å²) < 4.78 is 45.2. The highest BCUT2D eigenvalue weighted by atomic mass is 16.6. The van der Waals surface area contributed by atoms with Crippen LogP contribution in [-0.4, -0.2) is 56.3 Å². The maximum absolute atomic E-state index is 11.8. The van der Waals surface area contributed by atoms with Crippen molar-refractivity contribution in [2.75, 3.05) is 20.8 Å². The smallest absolute Gasteiger partial charge is 0.328 e. The van der Waals surface area contributed by atoms with Gasteiger partial charge < -0.3 is 38.3 Å². The summed E-state index contributed by atoms with van der Waals surface area (Å²) in [7, 11) is 3.06. The van der Waals surface area contributed by atoms with Crippen molar-refractivity contribution in [3.63, 3.8) is 0 Å². The molecule has 1 aliphatic heterocycles. The molecule has 6 rings (SSSR count). The van der Waals surface area contributed by atoms with Gasteiger partial charge in [-0.1, -0.05) is 72.8 Å². The minimum Gasteiger partial charge on any atom is -0.497 e. The van der Waals surface area contributed by atoms with E-state index in [0.29, 0.717) is 45.6 Å². The Bertz CT molecular complexity index is 1830. The Hall–Kier alpha value is -5.93. The van der Waals surface area contributed by atoms with E-state index in [4.69, 9.17) is 33.2 Å². The maximum Gasteiger partial charge on any atom is 0.328 e. The summed E-state index contributed by atoms with van der Waals surface area (Å²) in [6, 6.07) is 41.2. The van der Waals surface area contributed by atoms with Crippen molar-refractivity contribution in [2.45, 2.75) is 30.5 Å². The molecule has 9 nitrogen and oxygen atoms in total. The van der Waals surface area contributed by atoms with Crippen molar-refractivity contribution in [3.05, 3.63) is 151 Å². The van der Waals surface area contributed by atoms with Crippen molar-refractivity contribution in [3.8, 4) is 34.5 Å². The van der Waals surface area contributed by atoms with Crippen LogP contribution in [0.3, 0.4) is 0 Å². The van der Waals surface area contributed by atoms with Gasteiger partial charge in [0.1, 0.15) is 53.3 Å². The van der Waals surface area contributed by atoms with Gasteiger partial charge in [-0.05, 0) is 66.2 Å². The third-order valence-electron chi connectivity index (χ3n) is 8.14. The molecule has 1 N–H and O–H groups in total. The number of para-hydroxylation sites is 4. The molecule has 5 aromatic rings. The number of carboxylic acid groups (broad SMARTS) is 1. The van der Waals surface area contributed by atoms with Gasteiger partial charge in [0.2, 0.25) is 0 Å². The van der Waals surface area contributed by atoms with Gasteiger partial charge >= 0.3 is 5.97 Å². The van der Waals surface area contributed by atoms with Crippen molar-refractivity contribution < 1.29 is 43.1 Å². The lowest BCUT2D eigenvalue weighted by Crippen LogP contribution is -2.62. The molecule has 0 bridgehead atoms. The van der Waals surface area contributed by atoms with E-state index in [-0.39, 0.29) is 6.61 Å². The first-order valence-electron chi connectivity index (χ1n) is 16.2. The molecule has 0 amide bonds. The normalized spacial score (nSPS) is 20.1. The lowest BCUT2D eigenvalue weighted by molar-refractivity contribution is -0.210. The number of carboxylic acids is 1. The highest BCUT2D eigenvalue weighted by Crippen LogP contribution is 2.43. The fourth-order valence-corrected chi connectivity index (χ4v) is 5.84. The van der Waals surface area contributed by atoms with E-state index >= 15 is 0 Å². The highest BCUT2D eigenvalue weighted by Gasteiger charge is 2.52. The van der Waals surface area contributed by atoms with Crippen LogP contribution in [0.5, 0.6) is 34.5 Å². The van der Waals surface area contributed by atoms with Crippen LogP contribution in [0.15, 0.2) is 140 Å². The summed E-state index contributed by atoms with van der Waals surface area (Å²) in [5.41, 5.74) is 1.04. The zero-order valence-corrected chi connectivity index (χ0v) is 27.7. The van der Waals surface area contributed by atoms with Gasteiger partial charge in [0.15, 0.2) is 18.3 Å². The summed E-state index contributed by atoms with van der Waals surface area (Å²) in [4.78, 5) is 11.8. The van der Waals surface area contributed by atoms with Crippen LogP contribution in [0.25, 0.3) is 6.08 Å². The largest absolute Gasteiger partial charge is 0.497 e. The number of methoxy groups -OCH3 is 2. The molecule has 0 radical (unpaired) electrons. The molecule has 5 atom stereocenters. The Morgan fingerprint density at radius 2 is 1.14 bits per heavy atom. The van der Waals surface area contributed by atoms with Gasteiger partial charge in [-0.2, -0.15) is 0 Å². The van der Waals surface area contributed by atoms with Gasteiger partial charge in [0, 0.05) is 17.7 Å². The predicted octanol–water partition coefficient (Wildman–Crippen LogP) is 7.66. The average molecular weight is 675 g/mol. The van der Waals surface area contributed by atoms with Gasteiger partial charge in [-0.15, -0.1) is 0 Å². The standard InChI is InChI=1S/C41H38O9/c1-44-32-25-34(33(23-24-37(42)43)35(26-32)45-2)38-40(48-30-19-11-5-12-20-30)41(49-31-21-13-6-14-22-31)39(47-29-17-9-4-10-18-29)36(50-38)27-46-28-15-7-3-8-16-28/h3-26,36,38-41H,27H2,1-2H3,(H,42,43)/b24-23+/t36-,38-,39-,40-,41+/m1/s1. The fraction of sp³-hybridized carbons (Fsp3) is 0.195. The highest BCUT2D eigenvalue weighted by molar-refractivity contribution is 5.86. The molecule has 0 unspecified atom stereocenters. The summed E-state index contributed by atoms with van der Waals surface area (Å²) in [6.45, 7) is 0.0894. The second-order valence-corrected chi connectivity index (χ2v) is 11.4. The molecule has 256 valence electrons. The Morgan fingerprint density at radius 3 is 1.64 bits per heavy atom. The summed E-state index contributed by atoms with van der Waals surface area (Å²) >= 11 is 0. The van der Waals surface area contributed by atoms with E-state index in [0.717, 1.165) is 6.08 Å². The van der Waals surface area contributed by atoms with Crippen LogP contribution in [-0.2, 0) is 9.53 Å². The number of carbonyl (C=O) groups is 1. The average Bonchev–Trinajstić information content (AvgIpc) is 3.16. The lowest BCUT2D eigenvalue weighted by Gasteiger charge is -2.46. The number of ether oxygens (including phenoxy) is 7. The van der Waals surface area contributed by atoms with Crippen molar-refractivity contribution in [1.82, 2.24) is 0 Å². The molecule has 9 heteroatoms. The second-order valence-electron chi connectivity index (χ2n) is 11.4. The molecule has 1 saturated heterocycles. The number of benzene rings is 5. The van der Waals surface area contributed by atoms with Crippen LogP contribution in [0.4, 0.5) is 0 Å². The Morgan fingerprint density at radius 1 is 0.640 bits per heavy atom. The maximum atomic E-state index is 11.8. The fourth-order valence-electron chi connectivity index (χ4n) is 5.84. The molecule has 1 fully saturated rings. The molecule has 0 aliphatic carbocycles. The third kappa shape index (κ3) is 8.37. The van der Waals surface area contributed by atoms with Crippen LogP contribution >= 0.6 is 0 Å². The van der Waals surface area contributed by atoms with Crippen LogP contribution in [0, 0.1) is 0 Å². The molecule has 5 aromatic carbocycles. The first-order chi connectivity index (χ1) is 24.5. The molecule has 0 aromatic heterocycles. The molecule has 1 aliphatic rings. The lowest BCUT2D eigenvalue weighted by atomic mass is 9.87. The summed E-state index contributed by atoms with van der Waals surface area (Å²) in [5.74, 6) is 2.18. The Labute approximate surface area is 291 Å². The zero-order chi connectivity index (χ0) is 34.7. The minimum absolute atomic E-state index is 0.0894. The van der Waals surface area contributed by atoms with Crippen molar-refractivity contribution >= 4 is 12.0 Å². The van der Waals surface area contributed by atoms with Crippen LogP contribution in [0.2, 0.25) is 0 Å². The molecule has 1 heterocycles. The van der Waals surface area contributed by atoms with Crippen molar-refractivity contribution in [2.24, 2.45) is 0 Å². The molecule has 50 heavy (non-hydrogen) atoms. The van der Waals surface area contributed by atoms with Crippen molar-refractivity contribution in [1.29, 1.82) is 0 Å². The Kier molecular flexibility index (Phi) is 11.2. The first kappa shape index (κ1) is 34.0. The van der Waals surface area contributed by atoms with E-state index < -0.39 is 36.5 Å². The van der Waals surface area contributed by atoms with E-state index in [9.17, 15) is 9.90 Å². The number of aliphatic carboxylic acids is 1. The predicted molar refractivity (Wildman–Crippen MR) is 188 cm³/mol. The molecule has 0 spiro atoms. The van der Waals surface area contributed by atoms with Gasteiger partial charge in [-0.25, -0.2) is 4.79 Å². The third-order valence-corrected chi connectivity index (χ3v) is 8.14. The molecule has 0 saturated carbocycles. The van der Waals surface area contributed by atoms with Gasteiger partial charge in [0.05, 0.1) is 14.2 Å². The van der Waals surface area contributed by atoms with Gasteiger partial charge in [-0.3, -0.25) is 0 Å². The number of hydrogen-bond donors (Lipinski definition) is 1. The van der Waals surface area contributed by atoms with E-state index in [1.54, 1.807) is 19.2 Å². The first-order valence-corrected chi connectivity index (χ1v) is 16.2. The Balaban J connectivity index is 1.54. The zero-order valence-electron chi connectivity index (χ0n) is 27.7. The van der Waals surface area contributed by atoms with Crippen LogP contribution in [0.1, 0.15) is 17.2 Å². The minimum atomic E-state index is -1.12. The van der Waals surface area contributed by atoms with E-state index in [1.165, 1.54) is 13.2 Å². The quantitative estimate of drug-likeness (QED) is 0.119. The van der Waals surface area contributed by atoms with Crippen LogP contribution < -0.4 is 28.4 Å². The second kappa shape index (κ2) is 16.5.